The number of esters is 1. The Morgan fingerprint density at radius 3 is 1.87 bits per heavy atom. The second kappa shape index (κ2) is 5.77. The zero-order chi connectivity index (χ0) is 17.7. The van der Waals surface area contributed by atoms with Crippen LogP contribution in [0, 0.1) is 28.1 Å². The number of rotatable bonds is 3. The lowest BCUT2D eigenvalue weighted by Gasteiger charge is -2.51. The van der Waals surface area contributed by atoms with Crippen molar-refractivity contribution in [1.82, 2.24) is 0 Å². The first-order valence-electron chi connectivity index (χ1n) is 9.50. The first kappa shape index (κ1) is 18.8. The Bertz CT molecular complexity index is 445. The van der Waals surface area contributed by atoms with E-state index in [0.29, 0.717) is 5.92 Å². The molecule has 0 heterocycles. The fourth-order valence-corrected chi connectivity index (χ4v) is 4.87. The van der Waals surface area contributed by atoms with E-state index < -0.39 is 5.41 Å². The van der Waals surface area contributed by atoms with Gasteiger partial charge in [0.05, 0.1) is 5.41 Å². The molecule has 3 aliphatic carbocycles. The molecule has 0 saturated heterocycles. The van der Waals surface area contributed by atoms with Gasteiger partial charge in [-0.05, 0) is 75.0 Å². The first-order valence-corrected chi connectivity index (χ1v) is 9.50. The summed E-state index contributed by atoms with van der Waals surface area (Å²) < 4.78 is 6.31. The van der Waals surface area contributed by atoms with Crippen LogP contribution in [0.25, 0.3) is 0 Å². The second-order valence-corrected chi connectivity index (χ2v) is 10.9. The highest BCUT2D eigenvalue weighted by atomic mass is 16.6. The highest BCUT2D eigenvalue weighted by Crippen LogP contribution is 2.52. The van der Waals surface area contributed by atoms with E-state index in [9.17, 15) is 4.79 Å². The number of carbonyl (C=O) groups is 1. The van der Waals surface area contributed by atoms with Gasteiger partial charge in [-0.25, -0.2) is 0 Å². The van der Waals surface area contributed by atoms with Crippen molar-refractivity contribution >= 4 is 5.97 Å². The topological polar surface area (TPSA) is 26.3 Å². The maximum atomic E-state index is 13.3. The maximum absolute atomic E-state index is 13.3. The molecule has 2 atom stereocenters. The Morgan fingerprint density at radius 1 is 1.00 bits per heavy atom. The Balaban J connectivity index is 2.21. The summed E-state index contributed by atoms with van der Waals surface area (Å²) in [5.74, 6) is 1.35. The minimum atomic E-state index is -0.453. The monoisotopic (exact) mass is 322 g/mol. The number of fused-ring (bicyclic) bond motifs is 3. The molecule has 23 heavy (non-hydrogen) atoms. The summed E-state index contributed by atoms with van der Waals surface area (Å²) >= 11 is 0. The van der Waals surface area contributed by atoms with Crippen LogP contribution >= 0.6 is 0 Å². The van der Waals surface area contributed by atoms with Gasteiger partial charge in [0.2, 0.25) is 0 Å². The van der Waals surface area contributed by atoms with Crippen molar-refractivity contribution in [3.8, 4) is 0 Å². The lowest BCUT2D eigenvalue weighted by molar-refractivity contribution is -0.196. The lowest BCUT2D eigenvalue weighted by atomic mass is 9.60. The molecular formula is C21H38O2. The highest BCUT2D eigenvalue weighted by molar-refractivity contribution is 5.78. The van der Waals surface area contributed by atoms with Crippen LogP contribution in [0.2, 0.25) is 0 Å². The Morgan fingerprint density at radius 2 is 1.52 bits per heavy atom. The van der Waals surface area contributed by atoms with Crippen LogP contribution in [0.3, 0.4) is 0 Å². The van der Waals surface area contributed by atoms with Gasteiger partial charge in [0, 0.05) is 0 Å². The molecule has 0 aromatic heterocycles. The predicted octanol–water partition coefficient (Wildman–Crippen LogP) is 5.99. The fraction of sp³-hybridized carbons (Fsp3) is 0.952. The van der Waals surface area contributed by atoms with E-state index >= 15 is 0 Å². The number of hydrogen-bond donors (Lipinski definition) is 0. The van der Waals surface area contributed by atoms with Crippen molar-refractivity contribution in [2.75, 3.05) is 0 Å². The predicted molar refractivity (Wildman–Crippen MR) is 96.2 cm³/mol. The number of ether oxygens (including phenoxy) is 1. The zero-order valence-electron chi connectivity index (χ0n) is 16.7. The molecule has 0 aromatic carbocycles. The summed E-state index contributed by atoms with van der Waals surface area (Å²) in [6, 6.07) is 0. The van der Waals surface area contributed by atoms with E-state index in [0.717, 1.165) is 18.8 Å². The summed E-state index contributed by atoms with van der Waals surface area (Å²) in [7, 11) is 0. The number of carbonyl (C=O) groups excluding carboxylic acids is 1. The van der Waals surface area contributed by atoms with Crippen LogP contribution in [0.1, 0.15) is 93.9 Å². The quantitative estimate of drug-likeness (QED) is 0.597. The Hall–Kier alpha value is -0.530. The molecule has 3 saturated carbocycles. The molecule has 3 fully saturated rings. The zero-order valence-corrected chi connectivity index (χ0v) is 16.7. The van der Waals surface area contributed by atoms with E-state index in [1.165, 1.54) is 25.7 Å². The van der Waals surface area contributed by atoms with Crippen LogP contribution in [0.15, 0.2) is 0 Å². The molecule has 0 radical (unpaired) electrons. The van der Waals surface area contributed by atoms with Crippen LogP contribution in [-0.4, -0.2) is 11.6 Å². The van der Waals surface area contributed by atoms with Gasteiger partial charge in [-0.15, -0.1) is 0 Å². The Labute approximate surface area is 143 Å². The second-order valence-electron chi connectivity index (χ2n) is 10.9. The van der Waals surface area contributed by atoms with Gasteiger partial charge in [0.1, 0.15) is 5.60 Å². The van der Waals surface area contributed by atoms with Crippen molar-refractivity contribution in [3.63, 3.8) is 0 Å². The molecule has 2 nitrogen and oxygen atoms in total. The van der Waals surface area contributed by atoms with Gasteiger partial charge in [-0.1, -0.05) is 41.5 Å². The molecule has 0 spiro atoms. The Kier molecular flexibility index (Phi) is 4.72. The van der Waals surface area contributed by atoms with E-state index in [1.54, 1.807) is 0 Å². The highest BCUT2D eigenvalue weighted by Gasteiger charge is 2.53. The molecule has 3 rings (SSSR count). The van der Waals surface area contributed by atoms with Crippen molar-refractivity contribution in [3.05, 3.63) is 0 Å². The minimum Gasteiger partial charge on any atom is -0.459 e. The van der Waals surface area contributed by atoms with Crippen molar-refractivity contribution in [1.29, 1.82) is 0 Å². The average Bonchev–Trinajstić information content (AvgIpc) is 2.35. The minimum absolute atomic E-state index is 0.0231. The summed E-state index contributed by atoms with van der Waals surface area (Å²) in [6.07, 6.45) is 7.05. The van der Waals surface area contributed by atoms with Crippen molar-refractivity contribution in [2.24, 2.45) is 28.1 Å². The third kappa shape index (κ3) is 3.77. The average molecular weight is 323 g/mol. The maximum Gasteiger partial charge on any atom is 0.312 e. The van der Waals surface area contributed by atoms with Gasteiger partial charge < -0.3 is 4.74 Å². The van der Waals surface area contributed by atoms with Gasteiger partial charge in [-0.3, -0.25) is 4.79 Å². The third-order valence-electron chi connectivity index (χ3n) is 6.72. The lowest BCUT2D eigenvalue weighted by Crippen LogP contribution is -2.53. The third-order valence-corrected chi connectivity index (χ3v) is 6.72. The molecule has 0 amide bonds. The molecule has 0 aromatic rings. The normalized spacial score (nSPS) is 34.1. The first-order chi connectivity index (χ1) is 10.3. The van der Waals surface area contributed by atoms with Crippen LogP contribution in [0.5, 0.6) is 0 Å². The molecule has 2 unspecified atom stereocenters. The van der Waals surface area contributed by atoms with E-state index in [1.807, 2.05) is 0 Å². The van der Waals surface area contributed by atoms with Crippen LogP contribution in [0.4, 0.5) is 0 Å². The van der Waals surface area contributed by atoms with E-state index in [-0.39, 0.29) is 22.4 Å². The number of hydrogen-bond acceptors (Lipinski definition) is 2. The summed E-state index contributed by atoms with van der Waals surface area (Å²) in [5, 5.41) is 0. The molecule has 3 aliphatic rings. The molecule has 2 heteroatoms. The van der Waals surface area contributed by atoms with Crippen LogP contribution in [-0.2, 0) is 9.53 Å². The van der Waals surface area contributed by atoms with Gasteiger partial charge in [-0.2, -0.15) is 0 Å². The van der Waals surface area contributed by atoms with Gasteiger partial charge in [0.25, 0.3) is 0 Å². The van der Waals surface area contributed by atoms with Crippen molar-refractivity contribution in [2.45, 2.75) is 99.5 Å². The summed E-state index contributed by atoms with van der Waals surface area (Å²) in [5.41, 5.74) is -0.692. The fourth-order valence-electron chi connectivity index (χ4n) is 4.87. The van der Waals surface area contributed by atoms with Gasteiger partial charge >= 0.3 is 5.97 Å². The smallest absolute Gasteiger partial charge is 0.312 e. The van der Waals surface area contributed by atoms with Gasteiger partial charge in [0.15, 0.2) is 0 Å². The molecule has 134 valence electrons. The SMILES string of the molecule is CC(C)(C)CC(C)(C(=O)OC1(C)CC2CCC1CC2)C(C)(C)C. The van der Waals surface area contributed by atoms with Crippen LogP contribution < -0.4 is 0 Å². The summed E-state index contributed by atoms with van der Waals surface area (Å²) in [6.45, 7) is 17.5. The molecular weight excluding hydrogens is 284 g/mol. The molecule has 0 aliphatic heterocycles. The molecule has 0 N–H and O–H groups in total. The van der Waals surface area contributed by atoms with Crippen molar-refractivity contribution < 1.29 is 9.53 Å². The largest absolute Gasteiger partial charge is 0.459 e. The van der Waals surface area contributed by atoms with E-state index in [4.69, 9.17) is 4.74 Å². The summed E-state index contributed by atoms with van der Waals surface area (Å²) in [4.78, 5) is 13.3. The standard InChI is InChI=1S/C21H38O2/c1-18(2,3)14-20(7,19(4,5)6)17(22)23-21(8)13-15-9-11-16(21)12-10-15/h15-16H,9-14H2,1-8H3. The molecule has 2 bridgehead atoms. The van der Waals surface area contributed by atoms with E-state index in [2.05, 4.69) is 55.4 Å².